The molecule has 23 nitrogen and oxygen atoms in total. The van der Waals surface area contributed by atoms with Gasteiger partial charge < -0.3 is 65.0 Å². The van der Waals surface area contributed by atoms with Gasteiger partial charge in [-0.3, -0.25) is 48.3 Å². The average molecular weight is 1210 g/mol. The predicted molar refractivity (Wildman–Crippen MR) is 315 cm³/mol. The molecule has 0 aliphatic rings. The maximum Gasteiger partial charge on any atom is 0.430 e. The number of nitrogens with zero attached hydrogens (tertiary/aromatic N) is 6. The molecular weight excluding hydrogens is 1090 g/mol. The minimum atomic E-state index is -5.19. The largest absolute Gasteiger partial charge is 0.542 e. The van der Waals surface area contributed by atoms with Gasteiger partial charge in [0.2, 0.25) is 29.5 Å². The van der Waals surface area contributed by atoms with Crippen LogP contribution in [0, 0.1) is 17.8 Å². The fourth-order valence-electron chi connectivity index (χ4n) is 8.29. The number of likely N-dealkylation sites (N-methyl/N-ethyl adjacent to an activating group) is 7. The molecule has 0 fully saturated rings. The van der Waals surface area contributed by atoms with Crippen molar-refractivity contribution >= 4 is 47.4 Å². The Kier molecular flexibility index (Phi) is 46.9. The minimum Gasteiger partial charge on any atom is -0.542 e. The van der Waals surface area contributed by atoms with Crippen molar-refractivity contribution in [2.75, 3.05) is 91.8 Å². The van der Waals surface area contributed by atoms with Gasteiger partial charge in [-0.15, -0.1) is 0 Å². The average Bonchev–Trinajstić information content (AvgIpc) is 3.43. The van der Waals surface area contributed by atoms with Crippen LogP contribution in [0.1, 0.15) is 135 Å². The Morgan fingerprint density at radius 2 is 0.723 bits per heavy atom. The topological polar surface area (TPSA) is 283 Å². The van der Waals surface area contributed by atoms with E-state index in [1.54, 1.807) is 98.9 Å². The highest BCUT2D eigenvalue weighted by Crippen LogP contribution is 2.25. The lowest BCUT2D eigenvalue weighted by Gasteiger charge is -2.38. The zero-order valence-corrected chi connectivity index (χ0v) is 55.5. The number of nitrogens with one attached hydrogen (secondary N) is 3. The molecule has 15 atom stereocenters. The second kappa shape index (κ2) is 44.7. The third-order valence-electron chi connectivity index (χ3n) is 15.2. The molecule has 5 amide bonds. The van der Waals surface area contributed by atoms with Crippen LogP contribution in [0.5, 0.6) is 0 Å². The van der Waals surface area contributed by atoms with E-state index in [-0.39, 0.29) is 90.3 Å². The second-order valence-corrected chi connectivity index (χ2v) is 21.7. The van der Waals surface area contributed by atoms with E-state index in [1.807, 2.05) is 65.7 Å². The van der Waals surface area contributed by atoms with E-state index in [2.05, 4.69) is 57.5 Å². The Morgan fingerprint density at radius 3 is 0.892 bits per heavy atom. The summed E-state index contributed by atoms with van der Waals surface area (Å²) in [6.45, 7) is 27.1. The molecule has 0 saturated heterocycles. The highest BCUT2D eigenvalue weighted by atomic mass is 19.4. The normalized spacial score (nSPS) is 16.7. The van der Waals surface area contributed by atoms with Gasteiger partial charge >= 0.3 is 18.1 Å². The van der Waals surface area contributed by atoms with Crippen LogP contribution in [0.2, 0.25) is 0 Å². The molecule has 0 saturated carbocycles. The molecular formula is C57H113F3N9O14-. The molecule has 0 aromatic rings. The number of carbonyl (C=O) groups excluding carboxylic acids is 6. The van der Waals surface area contributed by atoms with Crippen molar-refractivity contribution in [3.05, 3.63) is 0 Å². The first-order chi connectivity index (χ1) is 38.0. The maximum absolute atomic E-state index is 12.8. The third kappa shape index (κ3) is 32.9. The monoisotopic (exact) mass is 1200 g/mol. The number of methoxy groups -OCH3 is 3. The number of carboxylic acid groups (broad SMARTS) is 3. The fraction of sp³-hybridized carbons (Fsp3) is 0.860. The smallest absolute Gasteiger partial charge is 0.430 e. The summed E-state index contributed by atoms with van der Waals surface area (Å²) in [5.74, 6) is -4.62. The maximum atomic E-state index is 12.8. The Morgan fingerprint density at radius 1 is 0.470 bits per heavy atom. The standard InChI is InChI=1S/C18H35N3O5.C18H37N3O3.C14H30N2O2.C5H11NO2.C2HF3O2/c1-9-11(2)16(14(26-8)10-15(22)23)21(7)18(25)12(3)19-17(24)13(4)20(5)6;1-10-12(3)16(15(11-2)24-9)21(8)18(23)13(4)19-17(22)14(5)20(6)7;1-8-10(3)13(12(9-2)18-7)16(6)14(17)11(4)15-5;1-4(5(7)8)6(2)3;3-2(4,5)1(6)7/h11-14,16H,9-10H2,1-8H3,(H,19,24)(H,22,23);12-16H,10-11H2,1-9H3,(H,19,22);10-13,15H,8-9H2,1-7H3;4H,1-3H3,(H,7,8);(H,6,7)/p-1/t11-,12?,13?,14?,16?;12-,13?,14?,15?,16?;10-,11?,12?,13?;;/m000../s1. The summed E-state index contributed by atoms with van der Waals surface area (Å²) < 4.78 is 48.1. The number of alkyl halides is 3. The zero-order chi connectivity index (χ0) is 66.7. The van der Waals surface area contributed by atoms with Gasteiger partial charge in [-0.05, 0) is 121 Å². The molecule has 0 heterocycles. The Balaban J connectivity index is -0.000000328. The van der Waals surface area contributed by atoms with E-state index in [0.29, 0.717) is 11.8 Å². The van der Waals surface area contributed by atoms with Crippen LogP contribution in [-0.2, 0) is 52.6 Å². The third-order valence-corrected chi connectivity index (χ3v) is 15.2. The van der Waals surface area contributed by atoms with Gasteiger partial charge in [0.15, 0.2) is 0 Å². The Bertz CT molecular complexity index is 1860. The van der Waals surface area contributed by atoms with E-state index in [1.165, 1.54) is 12.0 Å². The Labute approximate surface area is 496 Å². The van der Waals surface area contributed by atoms with Crippen LogP contribution in [0.25, 0.3) is 0 Å². The molecule has 0 radical (unpaired) electrons. The molecule has 0 aliphatic carbocycles. The van der Waals surface area contributed by atoms with Crippen LogP contribution in [0.4, 0.5) is 13.2 Å². The van der Waals surface area contributed by atoms with Gasteiger partial charge in [0.05, 0.1) is 61.0 Å². The second-order valence-electron chi connectivity index (χ2n) is 21.7. The number of ether oxygens (including phenoxy) is 3. The molecule has 83 heavy (non-hydrogen) atoms. The highest BCUT2D eigenvalue weighted by Gasteiger charge is 2.38. The predicted octanol–water partition coefficient (Wildman–Crippen LogP) is 3.76. The summed E-state index contributed by atoms with van der Waals surface area (Å²) in [5.41, 5.74) is 0. The molecule has 0 bridgehead atoms. The highest BCUT2D eigenvalue weighted by molar-refractivity contribution is 5.90. The van der Waals surface area contributed by atoms with Crippen molar-refractivity contribution < 1.29 is 81.1 Å². The summed E-state index contributed by atoms with van der Waals surface area (Å²) >= 11 is 0. The van der Waals surface area contributed by atoms with Crippen molar-refractivity contribution in [2.24, 2.45) is 17.8 Å². The number of amides is 5. The van der Waals surface area contributed by atoms with E-state index in [4.69, 9.17) is 34.3 Å². The summed E-state index contributed by atoms with van der Waals surface area (Å²) in [4.78, 5) is 103. The van der Waals surface area contributed by atoms with Gasteiger partial charge in [-0.1, -0.05) is 74.7 Å². The number of carbonyl (C=O) groups is 8. The lowest BCUT2D eigenvalue weighted by Crippen LogP contribution is -2.56. The molecule has 0 aliphatic heterocycles. The molecule has 5 N–H and O–H groups in total. The van der Waals surface area contributed by atoms with Crippen LogP contribution in [-0.4, -0.2) is 258 Å². The molecule has 0 rings (SSSR count). The summed E-state index contributed by atoms with van der Waals surface area (Å²) in [6.07, 6.45) is -1.42. The first-order valence-electron chi connectivity index (χ1n) is 28.4. The van der Waals surface area contributed by atoms with Gasteiger partial charge in [0, 0.05) is 42.5 Å². The quantitative estimate of drug-likeness (QED) is 0.0661. The van der Waals surface area contributed by atoms with E-state index >= 15 is 0 Å². The van der Waals surface area contributed by atoms with E-state index in [0.717, 1.165) is 32.1 Å². The van der Waals surface area contributed by atoms with Crippen LogP contribution in [0.15, 0.2) is 0 Å². The minimum absolute atomic E-state index is 0.0110. The van der Waals surface area contributed by atoms with Gasteiger partial charge in [0.1, 0.15) is 24.1 Å². The zero-order valence-electron chi connectivity index (χ0n) is 55.5. The lowest BCUT2D eigenvalue weighted by atomic mass is 9.91. The first kappa shape index (κ1) is 87.0. The first-order valence-corrected chi connectivity index (χ1v) is 28.4. The van der Waals surface area contributed by atoms with Gasteiger partial charge in [-0.2, -0.15) is 13.2 Å². The van der Waals surface area contributed by atoms with Crippen molar-refractivity contribution in [3.8, 4) is 0 Å². The van der Waals surface area contributed by atoms with Crippen molar-refractivity contribution in [3.63, 3.8) is 0 Å². The van der Waals surface area contributed by atoms with Crippen LogP contribution in [0.3, 0.4) is 0 Å². The Hall–Kier alpha value is -4.73. The van der Waals surface area contributed by atoms with Gasteiger partial charge in [-0.25, -0.2) is 0 Å². The van der Waals surface area contributed by atoms with Crippen molar-refractivity contribution in [1.29, 1.82) is 0 Å². The molecule has 0 aromatic carbocycles. The number of hydrogen-bond donors (Lipinski definition) is 5. The molecule has 12 unspecified atom stereocenters. The van der Waals surface area contributed by atoms with Crippen molar-refractivity contribution in [1.82, 2.24) is 45.3 Å². The summed E-state index contributed by atoms with van der Waals surface area (Å²) in [5, 5.41) is 34.8. The number of halogens is 3. The van der Waals surface area contributed by atoms with E-state index in [9.17, 15) is 46.7 Å². The fourth-order valence-corrected chi connectivity index (χ4v) is 8.29. The van der Waals surface area contributed by atoms with Gasteiger partial charge in [0.25, 0.3) is 0 Å². The number of aliphatic carboxylic acids is 3. The van der Waals surface area contributed by atoms with Crippen molar-refractivity contribution in [2.45, 2.75) is 214 Å². The number of rotatable bonds is 31. The molecule has 26 heteroatoms. The lowest BCUT2D eigenvalue weighted by molar-refractivity contribution is -0.344. The molecule has 492 valence electrons. The SMILES string of the molecule is CC(C(=O)O)N(C)C.CCC(OC)C([C@@H](C)CC)N(C)C(=O)C(C)NC.CCC(OC)C([C@@H](C)CC)N(C)C(=O)C(C)NC(=O)C(C)N(C)C.CC[C@H](C)C(C(CC(=O)O)OC)N(C)C(=O)C(C)NC(=O)C(C)N(C)C.O=C([O-])C(F)(F)F. The number of carboxylic acids is 3. The summed E-state index contributed by atoms with van der Waals surface area (Å²) in [6, 6.07) is -2.74. The number of hydrogen-bond acceptors (Lipinski definition) is 16. The van der Waals surface area contributed by atoms with E-state index < -0.39 is 48.3 Å². The summed E-state index contributed by atoms with van der Waals surface area (Å²) in [7, 11) is 22.7. The molecule has 0 spiro atoms. The molecule has 0 aromatic heterocycles. The van der Waals surface area contributed by atoms with Crippen LogP contribution >= 0.6 is 0 Å². The van der Waals surface area contributed by atoms with Crippen LogP contribution < -0.4 is 21.1 Å².